The molecular formula is C23H21N5OS2. The summed E-state index contributed by atoms with van der Waals surface area (Å²) in [5.41, 5.74) is 5.34. The number of aromatic amines is 1. The number of fused-ring (bicyclic) bond motifs is 2. The standard InChI is InChI=1S/C23H21N5OS2/c1-13-5-10-30-19(13)17-12-31-20-18(17)26-22(16-4-7-25-21-15(16)3-6-24-21)27-23(20)28-8-9-29-11-14(28)2/h3-7,10,12,14H,8-9,11H2,1-2H3,(H,24,25)/t14-/m1/s1. The number of ether oxygens (including phenoxy) is 1. The minimum Gasteiger partial charge on any atom is -0.377 e. The van der Waals surface area contributed by atoms with Crippen LogP contribution in [0.4, 0.5) is 5.82 Å². The predicted molar refractivity (Wildman–Crippen MR) is 128 cm³/mol. The summed E-state index contributed by atoms with van der Waals surface area (Å²) in [6.07, 6.45) is 3.73. The van der Waals surface area contributed by atoms with Crippen molar-refractivity contribution in [3.8, 4) is 21.8 Å². The highest BCUT2D eigenvalue weighted by atomic mass is 32.1. The summed E-state index contributed by atoms with van der Waals surface area (Å²) in [5.74, 6) is 1.74. The maximum atomic E-state index is 5.70. The van der Waals surface area contributed by atoms with Gasteiger partial charge < -0.3 is 14.6 Å². The fraction of sp³-hybridized carbons (Fsp3) is 0.261. The van der Waals surface area contributed by atoms with Gasteiger partial charge in [-0.05, 0) is 43.0 Å². The highest BCUT2D eigenvalue weighted by Gasteiger charge is 2.26. The first-order valence-corrected chi connectivity index (χ1v) is 12.1. The molecule has 5 aromatic heterocycles. The summed E-state index contributed by atoms with van der Waals surface area (Å²) in [5, 5.41) is 5.41. The third-order valence-corrected chi connectivity index (χ3v) is 7.86. The molecule has 1 fully saturated rings. The van der Waals surface area contributed by atoms with E-state index in [4.69, 9.17) is 14.7 Å². The Morgan fingerprint density at radius 3 is 2.94 bits per heavy atom. The van der Waals surface area contributed by atoms with Crippen LogP contribution in [0.3, 0.4) is 0 Å². The van der Waals surface area contributed by atoms with Gasteiger partial charge in [-0.1, -0.05) is 0 Å². The maximum absolute atomic E-state index is 5.70. The zero-order valence-electron chi connectivity index (χ0n) is 17.3. The number of aryl methyl sites for hydroxylation is 1. The van der Waals surface area contributed by atoms with Crippen LogP contribution in [0.25, 0.3) is 43.1 Å². The van der Waals surface area contributed by atoms with E-state index in [1.807, 2.05) is 24.5 Å². The lowest BCUT2D eigenvalue weighted by Crippen LogP contribution is -2.44. The van der Waals surface area contributed by atoms with Crippen LogP contribution in [-0.2, 0) is 4.74 Å². The smallest absolute Gasteiger partial charge is 0.163 e. The number of H-pyrrole nitrogens is 1. The predicted octanol–water partition coefficient (Wildman–Crippen LogP) is 5.50. The van der Waals surface area contributed by atoms with Crippen molar-refractivity contribution < 1.29 is 4.74 Å². The van der Waals surface area contributed by atoms with Gasteiger partial charge in [-0.2, -0.15) is 0 Å². The summed E-state index contributed by atoms with van der Waals surface area (Å²) in [7, 11) is 0. The molecule has 1 saturated heterocycles. The molecule has 0 radical (unpaired) electrons. The van der Waals surface area contributed by atoms with Crippen molar-refractivity contribution >= 4 is 49.7 Å². The van der Waals surface area contributed by atoms with Gasteiger partial charge >= 0.3 is 0 Å². The Balaban J connectivity index is 1.64. The second-order valence-electron chi connectivity index (χ2n) is 7.85. The van der Waals surface area contributed by atoms with E-state index in [0.717, 1.165) is 45.0 Å². The highest BCUT2D eigenvalue weighted by Crippen LogP contribution is 2.42. The van der Waals surface area contributed by atoms with E-state index >= 15 is 0 Å². The highest BCUT2D eigenvalue weighted by molar-refractivity contribution is 7.19. The van der Waals surface area contributed by atoms with Gasteiger partial charge in [-0.25, -0.2) is 15.0 Å². The van der Waals surface area contributed by atoms with Gasteiger partial charge in [0.25, 0.3) is 0 Å². The SMILES string of the molecule is Cc1ccsc1-c1csc2c(N3CCOC[C@H]3C)nc(-c3ccnc4[nH]ccc34)nc12. The average Bonchev–Trinajstić information content (AvgIpc) is 3.52. The van der Waals surface area contributed by atoms with Crippen molar-refractivity contribution in [3.05, 3.63) is 46.9 Å². The van der Waals surface area contributed by atoms with E-state index in [-0.39, 0.29) is 6.04 Å². The van der Waals surface area contributed by atoms with Crippen molar-refractivity contribution in [2.75, 3.05) is 24.7 Å². The zero-order valence-corrected chi connectivity index (χ0v) is 18.9. The van der Waals surface area contributed by atoms with Crippen LogP contribution in [0.1, 0.15) is 12.5 Å². The Hall–Kier alpha value is -2.81. The fourth-order valence-electron chi connectivity index (χ4n) is 4.23. The first-order valence-electron chi connectivity index (χ1n) is 10.3. The lowest BCUT2D eigenvalue weighted by Gasteiger charge is -2.34. The topological polar surface area (TPSA) is 66.9 Å². The molecule has 6 rings (SSSR count). The molecule has 8 heteroatoms. The Labute approximate surface area is 187 Å². The number of aromatic nitrogens is 4. The molecule has 1 aliphatic rings. The molecule has 6 nitrogen and oxygen atoms in total. The van der Waals surface area contributed by atoms with E-state index < -0.39 is 0 Å². The van der Waals surface area contributed by atoms with Crippen molar-refractivity contribution in [2.24, 2.45) is 0 Å². The molecule has 0 saturated carbocycles. The molecule has 0 aliphatic carbocycles. The molecule has 0 spiro atoms. The Kier molecular flexibility index (Phi) is 4.52. The summed E-state index contributed by atoms with van der Waals surface area (Å²) in [6.45, 7) is 6.61. The number of anilines is 1. The first-order chi connectivity index (χ1) is 15.2. The number of nitrogens with one attached hydrogen (secondary N) is 1. The summed E-state index contributed by atoms with van der Waals surface area (Å²) in [4.78, 5) is 21.5. The third-order valence-electron chi connectivity index (χ3n) is 5.84. The number of hydrogen-bond donors (Lipinski definition) is 1. The summed E-state index contributed by atoms with van der Waals surface area (Å²) < 4.78 is 6.83. The normalized spacial score (nSPS) is 17.1. The van der Waals surface area contributed by atoms with Gasteiger partial charge in [0.05, 0.1) is 29.5 Å². The Bertz CT molecular complexity index is 1400. The molecule has 0 bridgehead atoms. The molecular weight excluding hydrogens is 426 g/mol. The Morgan fingerprint density at radius 2 is 2.10 bits per heavy atom. The number of morpholine rings is 1. The summed E-state index contributed by atoms with van der Waals surface area (Å²) in [6, 6.07) is 6.48. The van der Waals surface area contributed by atoms with Gasteiger partial charge in [-0.3, -0.25) is 0 Å². The molecule has 0 unspecified atom stereocenters. The average molecular weight is 448 g/mol. The van der Waals surface area contributed by atoms with Crippen LogP contribution < -0.4 is 4.90 Å². The van der Waals surface area contributed by atoms with Crippen LogP contribution in [0.2, 0.25) is 0 Å². The van der Waals surface area contributed by atoms with E-state index in [1.165, 1.54) is 16.0 Å². The van der Waals surface area contributed by atoms with E-state index in [0.29, 0.717) is 13.2 Å². The Morgan fingerprint density at radius 1 is 1.16 bits per heavy atom. The van der Waals surface area contributed by atoms with Crippen molar-refractivity contribution in [3.63, 3.8) is 0 Å². The van der Waals surface area contributed by atoms with E-state index in [2.05, 4.69) is 45.5 Å². The number of pyridine rings is 1. The van der Waals surface area contributed by atoms with Gasteiger partial charge in [0.15, 0.2) is 11.6 Å². The fourth-order valence-corrected chi connectivity index (χ4v) is 6.25. The molecule has 1 aliphatic heterocycles. The van der Waals surface area contributed by atoms with Crippen molar-refractivity contribution in [1.82, 2.24) is 19.9 Å². The van der Waals surface area contributed by atoms with Gasteiger partial charge in [-0.15, -0.1) is 22.7 Å². The lowest BCUT2D eigenvalue weighted by atomic mass is 10.1. The van der Waals surface area contributed by atoms with Crippen molar-refractivity contribution in [2.45, 2.75) is 19.9 Å². The third kappa shape index (κ3) is 3.05. The minimum atomic E-state index is 0.262. The van der Waals surface area contributed by atoms with E-state index in [1.54, 1.807) is 22.7 Å². The summed E-state index contributed by atoms with van der Waals surface area (Å²) >= 11 is 3.50. The monoisotopic (exact) mass is 447 g/mol. The van der Waals surface area contributed by atoms with Gasteiger partial charge in [0, 0.05) is 45.7 Å². The molecule has 5 aromatic rings. The van der Waals surface area contributed by atoms with Crippen LogP contribution >= 0.6 is 22.7 Å². The van der Waals surface area contributed by atoms with Crippen LogP contribution in [0, 0.1) is 6.92 Å². The molecule has 156 valence electrons. The zero-order chi connectivity index (χ0) is 20.9. The molecule has 0 amide bonds. The largest absolute Gasteiger partial charge is 0.377 e. The number of rotatable bonds is 3. The second kappa shape index (κ2) is 7.40. The molecule has 0 aromatic carbocycles. The van der Waals surface area contributed by atoms with E-state index in [9.17, 15) is 0 Å². The van der Waals surface area contributed by atoms with Gasteiger partial charge in [0.1, 0.15) is 5.65 Å². The molecule has 1 atom stereocenters. The number of nitrogens with zero attached hydrogens (tertiary/aromatic N) is 4. The number of thiophene rings is 2. The lowest BCUT2D eigenvalue weighted by molar-refractivity contribution is 0.0987. The number of hydrogen-bond acceptors (Lipinski definition) is 7. The van der Waals surface area contributed by atoms with Crippen LogP contribution in [0.15, 0.2) is 41.4 Å². The quantitative estimate of drug-likeness (QED) is 0.396. The second-order valence-corrected chi connectivity index (χ2v) is 9.64. The maximum Gasteiger partial charge on any atom is 0.163 e. The van der Waals surface area contributed by atoms with Crippen molar-refractivity contribution in [1.29, 1.82) is 0 Å². The molecule has 1 N–H and O–H groups in total. The molecule has 6 heterocycles. The minimum absolute atomic E-state index is 0.262. The van der Waals surface area contributed by atoms with Gasteiger partial charge in [0.2, 0.25) is 0 Å². The first kappa shape index (κ1) is 18.9. The van der Waals surface area contributed by atoms with Crippen LogP contribution in [-0.4, -0.2) is 45.7 Å². The van der Waals surface area contributed by atoms with Crippen LogP contribution in [0.5, 0.6) is 0 Å². The molecule has 31 heavy (non-hydrogen) atoms.